The van der Waals surface area contributed by atoms with Gasteiger partial charge in [0.05, 0.1) is 7.11 Å². The SMILES string of the molecule is COc1cc(CN2CCC(N)CC2)cc2c1OCO2. The Balaban J connectivity index is 1.74. The van der Waals surface area contributed by atoms with Crippen LogP contribution in [0.4, 0.5) is 0 Å². The Labute approximate surface area is 113 Å². The number of nitrogens with zero attached hydrogens (tertiary/aromatic N) is 1. The molecule has 5 heteroatoms. The molecular formula is C14H20N2O3. The van der Waals surface area contributed by atoms with E-state index < -0.39 is 0 Å². The maximum atomic E-state index is 5.93. The molecule has 19 heavy (non-hydrogen) atoms. The van der Waals surface area contributed by atoms with Gasteiger partial charge in [-0.15, -0.1) is 0 Å². The van der Waals surface area contributed by atoms with Gasteiger partial charge in [-0.1, -0.05) is 0 Å². The summed E-state index contributed by atoms with van der Waals surface area (Å²) in [7, 11) is 1.65. The van der Waals surface area contributed by atoms with Crippen LogP contribution in [0, 0.1) is 0 Å². The fraction of sp³-hybridized carbons (Fsp3) is 0.571. The second kappa shape index (κ2) is 5.27. The number of hydrogen-bond donors (Lipinski definition) is 1. The highest BCUT2D eigenvalue weighted by molar-refractivity contribution is 5.55. The first kappa shape index (κ1) is 12.6. The molecule has 2 aliphatic rings. The van der Waals surface area contributed by atoms with E-state index in [1.165, 1.54) is 5.56 Å². The highest BCUT2D eigenvalue weighted by atomic mass is 16.7. The van der Waals surface area contributed by atoms with Crippen LogP contribution >= 0.6 is 0 Å². The highest BCUT2D eigenvalue weighted by Crippen LogP contribution is 2.42. The van der Waals surface area contributed by atoms with E-state index in [1.807, 2.05) is 12.1 Å². The molecule has 1 fully saturated rings. The van der Waals surface area contributed by atoms with Crippen LogP contribution in [-0.4, -0.2) is 37.9 Å². The van der Waals surface area contributed by atoms with Gasteiger partial charge in [0.25, 0.3) is 0 Å². The van der Waals surface area contributed by atoms with E-state index in [1.54, 1.807) is 7.11 Å². The van der Waals surface area contributed by atoms with Gasteiger partial charge in [0.2, 0.25) is 12.5 Å². The van der Waals surface area contributed by atoms with Crippen LogP contribution in [0.25, 0.3) is 0 Å². The van der Waals surface area contributed by atoms with Crippen LogP contribution in [0.1, 0.15) is 18.4 Å². The molecule has 0 aromatic heterocycles. The number of fused-ring (bicyclic) bond motifs is 1. The molecular weight excluding hydrogens is 244 g/mol. The third-order valence-corrected chi connectivity index (χ3v) is 3.76. The summed E-state index contributed by atoms with van der Waals surface area (Å²) in [4.78, 5) is 2.42. The van der Waals surface area contributed by atoms with Crippen LogP contribution in [0.3, 0.4) is 0 Å². The summed E-state index contributed by atoms with van der Waals surface area (Å²) in [6, 6.07) is 4.43. The summed E-state index contributed by atoms with van der Waals surface area (Å²) in [5, 5.41) is 0. The van der Waals surface area contributed by atoms with Crippen molar-refractivity contribution in [2.75, 3.05) is 27.0 Å². The second-order valence-corrected chi connectivity index (χ2v) is 5.15. The fourth-order valence-electron chi connectivity index (χ4n) is 2.64. The quantitative estimate of drug-likeness (QED) is 0.893. The van der Waals surface area contributed by atoms with Crippen molar-refractivity contribution in [2.24, 2.45) is 5.73 Å². The highest BCUT2D eigenvalue weighted by Gasteiger charge is 2.22. The summed E-state index contributed by atoms with van der Waals surface area (Å²) >= 11 is 0. The van der Waals surface area contributed by atoms with Crippen LogP contribution in [-0.2, 0) is 6.54 Å². The monoisotopic (exact) mass is 264 g/mol. The molecule has 0 radical (unpaired) electrons. The average Bonchev–Trinajstić information content (AvgIpc) is 2.89. The number of likely N-dealkylation sites (tertiary alicyclic amines) is 1. The first-order chi connectivity index (χ1) is 9.26. The molecule has 2 aliphatic heterocycles. The summed E-state index contributed by atoms with van der Waals surface area (Å²) in [6.07, 6.45) is 2.14. The first-order valence-corrected chi connectivity index (χ1v) is 6.70. The van der Waals surface area contributed by atoms with Gasteiger partial charge < -0.3 is 19.9 Å². The van der Waals surface area contributed by atoms with E-state index in [4.69, 9.17) is 19.9 Å². The Morgan fingerprint density at radius 3 is 2.84 bits per heavy atom. The van der Waals surface area contributed by atoms with Gasteiger partial charge in [-0.25, -0.2) is 0 Å². The van der Waals surface area contributed by atoms with Gasteiger partial charge in [-0.2, -0.15) is 0 Å². The van der Waals surface area contributed by atoms with Gasteiger partial charge in [-0.3, -0.25) is 4.90 Å². The predicted molar refractivity (Wildman–Crippen MR) is 71.6 cm³/mol. The van der Waals surface area contributed by atoms with Gasteiger partial charge in [0, 0.05) is 12.6 Å². The second-order valence-electron chi connectivity index (χ2n) is 5.15. The Morgan fingerprint density at radius 2 is 2.11 bits per heavy atom. The molecule has 3 rings (SSSR count). The largest absolute Gasteiger partial charge is 0.493 e. The molecule has 1 aromatic carbocycles. The minimum absolute atomic E-state index is 0.272. The standard InChI is InChI=1S/C14H20N2O3/c1-17-12-6-10(7-13-14(12)19-9-18-13)8-16-4-2-11(15)3-5-16/h6-7,11H,2-5,8-9,15H2,1H3. The Kier molecular flexibility index (Phi) is 3.48. The zero-order valence-corrected chi connectivity index (χ0v) is 11.2. The number of benzene rings is 1. The molecule has 0 aliphatic carbocycles. The van der Waals surface area contributed by atoms with Crippen molar-refractivity contribution in [3.8, 4) is 17.2 Å². The van der Waals surface area contributed by atoms with Crippen LogP contribution < -0.4 is 19.9 Å². The number of ether oxygens (including phenoxy) is 3. The summed E-state index contributed by atoms with van der Waals surface area (Å²) in [5.41, 5.74) is 7.12. The molecule has 5 nitrogen and oxygen atoms in total. The summed E-state index contributed by atoms with van der Waals surface area (Å²) in [5.74, 6) is 2.24. The van der Waals surface area contributed by atoms with Crippen molar-refractivity contribution >= 4 is 0 Å². The van der Waals surface area contributed by atoms with Gasteiger partial charge in [0.15, 0.2) is 11.5 Å². The number of rotatable bonds is 3. The van der Waals surface area contributed by atoms with Crippen molar-refractivity contribution < 1.29 is 14.2 Å². The number of nitrogens with two attached hydrogens (primary N) is 1. The topological polar surface area (TPSA) is 57.0 Å². The molecule has 1 saturated heterocycles. The molecule has 1 aromatic rings. The number of methoxy groups -OCH3 is 1. The van der Waals surface area contributed by atoms with Crippen molar-refractivity contribution in [2.45, 2.75) is 25.4 Å². The van der Waals surface area contributed by atoms with E-state index >= 15 is 0 Å². The molecule has 0 saturated carbocycles. The minimum Gasteiger partial charge on any atom is -0.493 e. The minimum atomic E-state index is 0.272. The molecule has 2 heterocycles. The van der Waals surface area contributed by atoms with E-state index in [0.29, 0.717) is 11.8 Å². The lowest BCUT2D eigenvalue weighted by molar-refractivity contribution is 0.171. The van der Waals surface area contributed by atoms with Crippen molar-refractivity contribution in [1.82, 2.24) is 4.90 Å². The van der Waals surface area contributed by atoms with Crippen molar-refractivity contribution in [1.29, 1.82) is 0 Å². The lowest BCUT2D eigenvalue weighted by atomic mass is 10.1. The van der Waals surface area contributed by atoms with E-state index in [0.717, 1.165) is 44.0 Å². The number of hydrogen-bond acceptors (Lipinski definition) is 5. The molecule has 0 atom stereocenters. The zero-order valence-electron chi connectivity index (χ0n) is 11.2. The maximum Gasteiger partial charge on any atom is 0.231 e. The van der Waals surface area contributed by atoms with Crippen molar-refractivity contribution in [3.63, 3.8) is 0 Å². The lowest BCUT2D eigenvalue weighted by Gasteiger charge is -2.30. The van der Waals surface area contributed by atoms with E-state index in [9.17, 15) is 0 Å². The van der Waals surface area contributed by atoms with Gasteiger partial charge in [-0.05, 0) is 43.6 Å². The third kappa shape index (κ3) is 2.62. The maximum absolute atomic E-state index is 5.93. The van der Waals surface area contributed by atoms with Crippen molar-refractivity contribution in [3.05, 3.63) is 17.7 Å². The van der Waals surface area contributed by atoms with E-state index in [2.05, 4.69) is 4.90 Å². The van der Waals surface area contributed by atoms with E-state index in [-0.39, 0.29) is 6.79 Å². The predicted octanol–water partition coefficient (Wildman–Crippen LogP) is 1.35. The lowest BCUT2D eigenvalue weighted by Crippen LogP contribution is -2.39. The van der Waals surface area contributed by atoms with Gasteiger partial charge in [0.1, 0.15) is 0 Å². The molecule has 0 unspecified atom stereocenters. The Morgan fingerprint density at radius 1 is 1.32 bits per heavy atom. The van der Waals surface area contributed by atoms with Crippen LogP contribution in [0.2, 0.25) is 0 Å². The average molecular weight is 264 g/mol. The Bertz CT molecular complexity index is 456. The molecule has 0 bridgehead atoms. The first-order valence-electron chi connectivity index (χ1n) is 6.70. The van der Waals surface area contributed by atoms with Crippen LogP contribution in [0.5, 0.6) is 17.2 Å². The third-order valence-electron chi connectivity index (χ3n) is 3.76. The fourth-order valence-corrected chi connectivity index (χ4v) is 2.64. The molecule has 2 N–H and O–H groups in total. The number of piperidine rings is 1. The molecule has 0 spiro atoms. The van der Waals surface area contributed by atoms with Crippen LogP contribution in [0.15, 0.2) is 12.1 Å². The zero-order chi connectivity index (χ0) is 13.2. The smallest absolute Gasteiger partial charge is 0.231 e. The normalized spacial score (nSPS) is 19.7. The molecule has 104 valence electrons. The Hall–Kier alpha value is -1.46. The summed E-state index contributed by atoms with van der Waals surface area (Å²) in [6.45, 7) is 3.28. The summed E-state index contributed by atoms with van der Waals surface area (Å²) < 4.78 is 16.2. The molecule has 0 amide bonds. The van der Waals surface area contributed by atoms with Gasteiger partial charge >= 0.3 is 0 Å².